The van der Waals surface area contributed by atoms with Crippen LogP contribution in [0, 0.1) is 6.92 Å². The van der Waals surface area contributed by atoms with Crippen LogP contribution in [0.5, 0.6) is 0 Å². The number of aryl methyl sites for hydroxylation is 1. The van der Waals surface area contributed by atoms with Gasteiger partial charge < -0.3 is 0 Å². The number of nitrogens with zero attached hydrogens (tertiary/aromatic N) is 1. The van der Waals surface area contributed by atoms with E-state index in [2.05, 4.69) is 35.9 Å². The molecule has 0 bridgehead atoms. The van der Waals surface area contributed by atoms with Crippen LogP contribution in [0.4, 0.5) is 0 Å². The van der Waals surface area contributed by atoms with Gasteiger partial charge >= 0.3 is 0 Å². The highest BCUT2D eigenvalue weighted by molar-refractivity contribution is 7.08. The molecular weight excluding hydrogens is 254 g/mol. The summed E-state index contributed by atoms with van der Waals surface area (Å²) in [6.07, 6.45) is 0. The van der Waals surface area contributed by atoms with Crippen molar-refractivity contribution < 1.29 is 0 Å². The second-order valence-electron chi connectivity index (χ2n) is 4.54. The number of hydrazine groups is 1. The molecule has 19 heavy (non-hydrogen) atoms. The van der Waals surface area contributed by atoms with Crippen LogP contribution in [0.3, 0.4) is 0 Å². The lowest BCUT2D eigenvalue weighted by molar-refractivity contribution is 0.624. The number of rotatable bonds is 3. The summed E-state index contributed by atoms with van der Waals surface area (Å²) in [7, 11) is 0. The highest BCUT2D eigenvalue weighted by atomic mass is 32.1. The van der Waals surface area contributed by atoms with E-state index >= 15 is 0 Å². The lowest BCUT2D eigenvalue weighted by atomic mass is 10.0. The minimum atomic E-state index is -0.0606. The Bertz CT molecular complexity index is 692. The summed E-state index contributed by atoms with van der Waals surface area (Å²) in [5.41, 5.74) is 7.19. The van der Waals surface area contributed by atoms with Gasteiger partial charge in [-0.05, 0) is 47.0 Å². The van der Waals surface area contributed by atoms with Gasteiger partial charge in [-0.15, -0.1) is 0 Å². The summed E-state index contributed by atoms with van der Waals surface area (Å²) >= 11 is 1.66. The summed E-state index contributed by atoms with van der Waals surface area (Å²) in [6.45, 7) is 2.11. The molecule has 2 aromatic heterocycles. The topological polar surface area (TPSA) is 50.9 Å². The second-order valence-corrected chi connectivity index (χ2v) is 5.32. The van der Waals surface area contributed by atoms with Crippen molar-refractivity contribution in [1.29, 1.82) is 0 Å². The van der Waals surface area contributed by atoms with Gasteiger partial charge in [0.1, 0.15) is 0 Å². The first-order chi connectivity index (χ1) is 9.29. The molecule has 96 valence electrons. The maximum Gasteiger partial charge on any atom is 0.0889 e. The molecule has 0 aliphatic heterocycles. The molecule has 0 aliphatic carbocycles. The number of aromatic nitrogens is 1. The van der Waals surface area contributed by atoms with Gasteiger partial charge in [0.05, 0.1) is 17.3 Å². The smallest absolute Gasteiger partial charge is 0.0889 e. The normalized spacial score (nSPS) is 12.7. The lowest BCUT2D eigenvalue weighted by Gasteiger charge is -2.16. The van der Waals surface area contributed by atoms with Crippen molar-refractivity contribution in [1.82, 2.24) is 10.4 Å². The van der Waals surface area contributed by atoms with E-state index < -0.39 is 0 Å². The molecule has 0 saturated carbocycles. The van der Waals surface area contributed by atoms with Crippen molar-refractivity contribution in [2.75, 3.05) is 0 Å². The Morgan fingerprint density at radius 3 is 2.84 bits per heavy atom. The van der Waals surface area contributed by atoms with E-state index in [4.69, 9.17) is 10.8 Å². The number of nitrogens with one attached hydrogen (secondary N) is 1. The maximum absolute atomic E-state index is 5.70. The Morgan fingerprint density at radius 2 is 2.11 bits per heavy atom. The van der Waals surface area contributed by atoms with E-state index in [0.29, 0.717) is 0 Å². The summed E-state index contributed by atoms with van der Waals surface area (Å²) in [6, 6.07) is 12.3. The number of nitrogens with two attached hydrogens (primary N) is 1. The van der Waals surface area contributed by atoms with E-state index in [1.54, 1.807) is 11.3 Å². The van der Waals surface area contributed by atoms with E-state index in [-0.39, 0.29) is 6.04 Å². The molecule has 3 N–H and O–H groups in total. The maximum atomic E-state index is 5.70. The Morgan fingerprint density at radius 1 is 1.26 bits per heavy atom. The number of thiophene rings is 1. The van der Waals surface area contributed by atoms with Crippen LogP contribution < -0.4 is 11.3 Å². The van der Waals surface area contributed by atoms with Gasteiger partial charge in [0, 0.05) is 5.39 Å². The average Bonchev–Trinajstić information content (AvgIpc) is 2.94. The number of para-hydroxylation sites is 1. The third kappa shape index (κ3) is 2.26. The molecule has 3 aromatic rings. The molecule has 1 aromatic carbocycles. The SMILES string of the molecule is Cc1cc(C(NN)c2ccsc2)nc2ccccc12. The standard InChI is InChI=1S/C15H15N3S/c1-10-8-14(15(18-16)11-6-7-19-9-11)17-13-5-3-2-4-12(10)13/h2-9,15,18H,16H2,1H3. The molecule has 3 nitrogen and oxygen atoms in total. The summed E-state index contributed by atoms with van der Waals surface area (Å²) in [5.74, 6) is 5.70. The molecule has 0 fully saturated rings. The van der Waals surface area contributed by atoms with E-state index in [1.807, 2.05) is 23.6 Å². The van der Waals surface area contributed by atoms with Crippen LogP contribution in [0.1, 0.15) is 22.9 Å². The average molecular weight is 269 g/mol. The van der Waals surface area contributed by atoms with Crippen LogP contribution in [0.2, 0.25) is 0 Å². The number of hydrogen-bond donors (Lipinski definition) is 2. The lowest BCUT2D eigenvalue weighted by Crippen LogP contribution is -2.29. The Kier molecular flexibility index (Phi) is 3.29. The van der Waals surface area contributed by atoms with Crippen molar-refractivity contribution in [3.8, 4) is 0 Å². The minimum absolute atomic E-state index is 0.0606. The van der Waals surface area contributed by atoms with E-state index in [9.17, 15) is 0 Å². The zero-order valence-corrected chi connectivity index (χ0v) is 11.4. The van der Waals surface area contributed by atoms with Gasteiger partial charge in [0.15, 0.2) is 0 Å². The molecule has 3 rings (SSSR count). The third-order valence-corrected chi connectivity index (χ3v) is 3.98. The molecular formula is C15H15N3S. The molecule has 0 amide bonds. The number of benzene rings is 1. The molecule has 0 aliphatic rings. The molecule has 0 radical (unpaired) electrons. The Balaban J connectivity index is 2.14. The first-order valence-corrected chi connectivity index (χ1v) is 7.08. The predicted molar refractivity (Wildman–Crippen MR) is 80.0 cm³/mol. The molecule has 1 unspecified atom stereocenters. The van der Waals surface area contributed by atoms with Gasteiger partial charge in [0.2, 0.25) is 0 Å². The van der Waals surface area contributed by atoms with E-state index in [0.717, 1.165) is 16.8 Å². The fraction of sp³-hybridized carbons (Fsp3) is 0.133. The fourth-order valence-corrected chi connectivity index (χ4v) is 3.00. The van der Waals surface area contributed by atoms with Gasteiger partial charge in [-0.3, -0.25) is 10.8 Å². The van der Waals surface area contributed by atoms with Crippen LogP contribution in [-0.2, 0) is 0 Å². The highest BCUT2D eigenvalue weighted by Gasteiger charge is 2.15. The molecule has 2 heterocycles. The Labute approximate surface area is 116 Å². The zero-order chi connectivity index (χ0) is 13.2. The highest BCUT2D eigenvalue weighted by Crippen LogP contribution is 2.25. The quantitative estimate of drug-likeness (QED) is 0.567. The predicted octanol–water partition coefficient (Wildman–Crippen LogP) is 3.16. The number of pyridine rings is 1. The van der Waals surface area contributed by atoms with Crippen LogP contribution in [0.15, 0.2) is 47.2 Å². The largest absolute Gasteiger partial charge is 0.271 e. The summed E-state index contributed by atoms with van der Waals surface area (Å²) in [5, 5.41) is 5.33. The molecule has 1 atom stereocenters. The van der Waals surface area contributed by atoms with Crippen LogP contribution in [-0.4, -0.2) is 4.98 Å². The minimum Gasteiger partial charge on any atom is -0.271 e. The zero-order valence-electron chi connectivity index (χ0n) is 10.6. The van der Waals surface area contributed by atoms with Crippen molar-refractivity contribution in [2.45, 2.75) is 13.0 Å². The third-order valence-electron chi connectivity index (χ3n) is 3.28. The van der Waals surface area contributed by atoms with Crippen molar-refractivity contribution in [3.63, 3.8) is 0 Å². The van der Waals surface area contributed by atoms with Crippen molar-refractivity contribution in [2.24, 2.45) is 5.84 Å². The van der Waals surface area contributed by atoms with Crippen LogP contribution in [0.25, 0.3) is 10.9 Å². The first-order valence-electron chi connectivity index (χ1n) is 6.14. The Hall–Kier alpha value is -1.75. The van der Waals surface area contributed by atoms with Crippen LogP contribution >= 0.6 is 11.3 Å². The molecule has 0 saturated heterocycles. The molecule has 4 heteroatoms. The van der Waals surface area contributed by atoms with Gasteiger partial charge in [-0.1, -0.05) is 18.2 Å². The number of hydrogen-bond acceptors (Lipinski definition) is 4. The summed E-state index contributed by atoms with van der Waals surface area (Å²) < 4.78 is 0. The van der Waals surface area contributed by atoms with E-state index in [1.165, 1.54) is 10.9 Å². The fourth-order valence-electron chi connectivity index (χ4n) is 2.32. The van der Waals surface area contributed by atoms with Crippen molar-refractivity contribution in [3.05, 3.63) is 64.0 Å². The summed E-state index contributed by atoms with van der Waals surface area (Å²) in [4.78, 5) is 4.73. The number of fused-ring (bicyclic) bond motifs is 1. The second kappa shape index (κ2) is 5.09. The molecule has 0 spiro atoms. The van der Waals surface area contributed by atoms with Gasteiger partial charge in [-0.2, -0.15) is 11.3 Å². The van der Waals surface area contributed by atoms with Crippen molar-refractivity contribution >= 4 is 22.2 Å². The van der Waals surface area contributed by atoms with Gasteiger partial charge in [-0.25, -0.2) is 5.43 Å². The first kappa shape index (κ1) is 12.3. The monoisotopic (exact) mass is 269 g/mol. The van der Waals surface area contributed by atoms with Gasteiger partial charge in [0.25, 0.3) is 0 Å².